The molecule has 3 aliphatic rings. The van der Waals surface area contributed by atoms with E-state index in [2.05, 4.69) is 5.32 Å². The summed E-state index contributed by atoms with van der Waals surface area (Å²) in [5.41, 5.74) is -1.33. The van der Waals surface area contributed by atoms with Crippen LogP contribution in [0.5, 0.6) is 0 Å². The number of carbonyl (C=O) groups is 2. The SMILES string of the molecule is CC(=O)O[C@]1(C#N)C[C@H]2O[C@@H]1[C@@H]1OC(=O)N[C@@H]12. The lowest BCUT2D eigenvalue weighted by atomic mass is 9.81. The van der Waals surface area contributed by atoms with E-state index in [1.54, 1.807) is 0 Å². The first-order valence-corrected chi connectivity index (χ1v) is 5.29. The maximum absolute atomic E-state index is 11.1. The normalized spacial score (nSPS) is 45.8. The highest BCUT2D eigenvalue weighted by molar-refractivity contribution is 5.71. The molecule has 1 N–H and O–H groups in total. The highest BCUT2D eigenvalue weighted by Crippen LogP contribution is 2.46. The average molecular weight is 238 g/mol. The van der Waals surface area contributed by atoms with Crippen LogP contribution in [0.4, 0.5) is 4.79 Å². The van der Waals surface area contributed by atoms with Crippen molar-refractivity contribution in [3.8, 4) is 6.07 Å². The van der Waals surface area contributed by atoms with Gasteiger partial charge < -0.3 is 19.5 Å². The van der Waals surface area contributed by atoms with Crippen molar-refractivity contribution in [2.24, 2.45) is 0 Å². The van der Waals surface area contributed by atoms with E-state index in [4.69, 9.17) is 14.2 Å². The largest absolute Gasteiger partial charge is 0.441 e. The number of nitrogens with one attached hydrogen (secondary N) is 1. The summed E-state index contributed by atoms with van der Waals surface area (Å²) in [6.07, 6.45) is -1.85. The number of hydrogen-bond acceptors (Lipinski definition) is 6. The first kappa shape index (κ1) is 10.4. The Bertz CT molecular complexity index is 444. The van der Waals surface area contributed by atoms with E-state index in [0.717, 1.165) is 0 Å². The van der Waals surface area contributed by atoms with Crippen LogP contribution in [0.25, 0.3) is 0 Å². The van der Waals surface area contributed by atoms with Crippen molar-refractivity contribution >= 4 is 12.1 Å². The van der Waals surface area contributed by atoms with E-state index in [1.165, 1.54) is 6.92 Å². The molecule has 5 atom stereocenters. The fourth-order valence-electron chi connectivity index (χ4n) is 2.81. The monoisotopic (exact) mass is 238 g/mol. The molecule has 0 aliphatic carbocycles. The first-order valence-electron chi connectivity index (χ1n) is 5.29. The zero-order chi connectivity index (χ0) is 12.2. The lowest BCUT2D eigenvalue weighted by molar-refractivity contribution is -0.159. The molecule has 2 bridgehead atoms. The molecule has 0 aromatic heterocycles. The smallest absolute Gasteiger partial charge is 0.408 e. The lowest BCUT2D eigenvalue weighted by Crippen LogP contribution is -2.54. The highest BCUT2D eigenvalue weighted by atomic mass is 16.6. The maximum Gasteiger partial charge on any atom is 0.408 e. The molecule has 7 nitrogen and oxygen atoms in total. The highest BCUT2D eigenvalue weighted by Gasteiger charge is 2.68. The lowest BCUT2D eigenvalue weighted by Gasteiger charge is -2.31. The number of carbonyl (C=O) groups excluding carboxylic acids is 2. The van der Waals surface area contributed by atoms with Gasteiger partial charge in [0.2, 0.25) is 5.60 Å². The molecule has 3 rings (SSSR count). The van der Waals surface area contributed by atoms with Crippen LogP contribution in [0.15, 0.2) is 0 Å². The van der Waals surface area contributed by atoms with Gasteiger partial charge in [0.15, 0.2) is 12.2 Å². The Labute approximate surface area is 96.6 Å². The van der Waals surface area contributed by atoms with Gasteiger partial charge in [0.25, 0.3) is 0 Å². The molecule has 17 heavy (non-hydrogen) atoms. The minimum Gasteiger partial charge on any atom is -0.441 e. The van der Waals surface area contributed by atoms with Gasteiger partial charge in [-0.25, -0.2) is 4.79 Å². The van der Waals surface area contributed by atoms with Gasteiger partial charge in [-0.2, -0.15) is 5.26 Å². The van der Waals surface area contributed by atoms with Crippen molar-refractivity contribution in [2.75, 3.05) is 0 Å². The van der Waals surface area contributed by atoms with E-state index in [-0.39, 0.29) is 18.6 Å². The number of rotatable bonds is 1. The van der Waals surface area contributed by atoms with Gasteiger partial charge in [-0.15, -0.1) is 0 Å². The van der Waals surface area contributed by atoms with Crippen molar-refractivity contribution in [2.45, 2.75) is 43.3 Å². The molecule has 0 spiro atoms. The second-order valence-electron chi connectivity index (χ2n) is 4.43. The summed E-state index contributed by atoms with van der Waals surface area (Å²) >= 11 is 0. The Morgan fingerprint density at radius 3 is 3.12 bits per heavy atom. The van der Waals surface area contributed by atoms with E-state index < -0.39 is 29.9 Å². The summed E-state index contributed by atoms with van der Waals surface area (Å²) in [7, 11) is 0. The van der Waals surface area contributed by atoms with E-state index in [9.17, 15) is 14.9 Å². The molecular weight excluding hydrogens is 228 g/mol. The van der Waals surface area contributed by atoms with Crippen LogP contribution in [0, 0.1) is 11.3 Å². The van der Waals surface area contributed by atoms with Gasteiger partial charge in [0.05, 0.1) is 12.1 Å². The van der Waals surface area contributed by atoms with E-state index >= 15 is 0 Å². The van der Waals surface area contributed by atoms with E-state index in [0.29, 0.717) is 0 Å². The van der Waals surface area contributed by atoms with Crippen molar-refractivity contribution in [1.82, 2.24) is 5.32 Å². The quantitative estimate of drug-likeness (QED) is 0.616. The standard InChI is InChI=1S/C10H10N2O5/c1-4(13)17-10(3-11)2-5-6-7(8(10)15-5)16-9(14)12-6/h5-8H,2H2,1H3,(H,12,14)/t5-,6-,7-,8-,10+/m1/s1. The summed E-state index contributed by atoms with van der Waals surface area (Å²) in [5.74, 6) is -0.545. The molecule has 0 aromatic rings. The van der Waals surface area contributed by atoms with Crippen molar-refractivity contribution in [3.05, 3.63) is 0 Å². The van der Waals surface area contributed by atoms with Gasteiger partial charge in [0, 0.05) is 13.3 Å². The van der Waals surface area contributed by atoms with E-state index in [1.807, 2.05) is 6.07 Å². The number of fused-ring (bicyclic) bond motifs is 5. The van der Waals surface area contributed by atoms with Crippen LogP contribution < -0.4 is 5.32 Å². The Kier molecular flexibility index (Phi) is 1.89. The molecule has 3 aliphatic heterocycles. The molecule has 0 aromatic carbocycles. The number of esters is 1. The second-order valence-corrected chi connectivity index (χ2v) is 4.43. The minimum absolute atomic E-state index is 0.246. The van der Waals surface area contributed by atoms with Gasteiger partial charge in [0.1, 0.15) is 6.07 Å². The molecule has 1 amide bonds. The van der Waals surface area contributed by atoms with Crippen molar-refractivity contribution < 1.29 is 23.8 Å². The van der Waals surface area contributed by atoms with Crippen molar-refractivity contribution in [3.63, 3.8) is 0 Å². The molecule has 3 saturated heterocycles. The van der Waals surface area contributed by atoms with Gasteiger partial charge in [-0.1, -0.05) is 0 Å². The predicted molar refractivity (Wildman–Crippen MR) is 50.6 cm³/mol. The average Bonchev–Trinajstić information content (AvgIpc) is 2.86. The third-order valence-electron chi connectivity index (χ3n) is 3.38. The van der Waals surface area contributed by atoms with Gasteiger partial charge in [-0.05, 0) is 0 Å². The number of alkyl carbamates (subject to hydrolysis) is 1. The summed E-state index contributed by atoms with van der Waals surface area (Å²) in [5, 5.41) is 11.8. The molecule has 3 fully saturated rings. The third-order valence-corrected chi connectivity index (χ3v) is 3.38. The third kappa shape index (κ3) is 1.24. The number of amides is 1. The fraction of sp³-hybridized carbons (Fsp3) is 0.700. The predicted octanol–water partition coefficient (Wildman–Crippen LogP) is -0.540. The molecule has 0 saturated carbocycles. The summed E-state index contributed by atoms with van der Waals surface area (Å²) in [4.78, 5) is 22.2. The molecule has 0 unspecified atom stereocenters. The number of nitriles is 1. The fourth-order valence-corrected chi connectivity index (χ4v) is 2.81. The molecule has 3 heterocycles. The van der Waals surface area contributed by atoms with Crippen molar-refractivity contribution in [1.29, 1.82) is 5.26 Å². The molecular formula is C10H10N2O5. The van der Waals surface area contributed by atoms with Gasteiger partial charge >= 0.3 is 12.1 Å². The molecule has 90 valence electrons. The second kappa shape index (κ2) is 3.11. The first-order chi connectivity index (χ1) is 8.05. The Morgan fingerprint density at radius 2 is 2.47 bits per heavy atom. The van der Waals surface area contributed by atoms with Crippen LogP contribution in [-0.4, -0.2) is 42.0 Å². The van der Waals surface area contributed by atoms with Crippen LogP contribution in [-0.2, 0) is 19.0 Å². The Balaban J connectivity index is 1.90. The number of hydrogen-bond donors (Lipinski definition) is 1. The van der Waals surface area contributed by atoms with Crippen LogP contribution >= 0.6 is 0 Å². The maximum atomic E-state index is 11.1. The number of nitrogens with zero attached hydrogens (tertiary/aromatic N) is 1. The van der Waals surface area contributed by atoms with Crippen LogP contribution in [0.2, 0.25) is 0 Å². The Hall–Kier alpha value is -1.81. The van der Waals surface area contributed by atoms with Crippen LogP contribution in [0.3, 0.4) is 0 Å². The zero-order valence-corrected chi connectivity index (χ0v) is 9.00. The Morgan fingerprint density at radius 1 is 1.71 bits per heavy atom. The van der Waals surface area contributed by atoms with Crippen LogP contribution in [0.1, 0.15) is 13.3 Å². The topological polar surface area (TPSA) is 97.7 Å². The summed E-state index contributed by atoms with van der Waals surface area (Å²) in [6, 6.07) is 1.73. The minimum atomic E-state index is -1.33. The zero-order valence-electron chi connectivity index (χ0n) is 9.00. The summed E-state index contributed by atoms with van der Waals surface area (Å²) in [6.45, 7) is 1.24. The molecule has 7 heteroatoms. The van der Waals surface area contributed by atoms with Gasteiger partial charge in [-0.3, -0.25) is 4.79 Å². The number of ether oxygens (including phenoxy) is 3. The molecule has 0 radical (unpaired) electrons. The summed E-state index contributed by atoms with van der Waals surface area (Å²) < 4.78 is 15.7.